The van der Waals surface area contributed by atoms with Crippen molar-refractivity contribution in [3.8, 4) is 5.75 Å². The first-order valence-corrected chi connectivity index (χ1v) is 7.34. The molecule has 5 heteroatoms. The number of likely N-dealkylation sites (N-methyl/N-ethyl adjacent to an activating group) is 1. The molecule has 118 valence electrons. The number of benzene rings is 2. The number of carbonyl (C=O) groups excluding carboxylic acids is 2. The fraction of sp³-hybridized carbons (Fsp3) is 0.111. The van der Waals surface area contributed by atoms with Crippen molar-refractivity contribution < 1.29 is 14.3 Å². The number of amides is 1. The summed E-state index contributed by atoms with van der Waals surface area (Å²) in [5.74, 6) is -0.529. The van der Waals surface area contributed by atoms with Crippen molar-refractivity contribution in [1.29, 1.82) is 0 Å². The van der Waals surface area contributed by atoms with Crippen LogP contribution in [-0.2, 0) is 9.59 Å². The zero-order valence-corrected chi connectivity index (χ0v) is 13.6. The highest BCUT2D eigenvalue weighted by molar-refractivity contribution is 6.30. The third-order valence-electron chi connectivity index (χ3n) is 3.18. The van der Waals surface area contributed by atoms with Gasteiger partial charge in [0.2, 0.25) is 0 Å². The van der Waals surface area contributed by atoms with E-state index >= 15 is 0 Å². The van der Waals surface area contributed by atoms with Gasteiger partial charge in [0.05, 0.1) is 0 Å². The molecule has 0 bridgehead atoms. The minimum absolute atomic E-state index is 0.319. The fourth-order valence-electron chi connectivity index (χ4n) is 1.90. The maximum absolute atomic E-state index is 12.0. The van der Waals surface area contributed by atoms with Gasteiger partial charge in [-0.1, -0.05) is 29.8 Å². The Kier molecular flexibility index (Phi) is 5.55. The number of hydrogen-bond acceptors (Lipinski definition) is 3. The molecule has 0 aliphatic rings. The smallest absolute Gasteiger partial charge is 0.336 e. The van der Waals surface area contributed by atoms with Crippen LogP contribution in [0.4, 0.5) is 5.69 Å². The van der Waals surface area contributed by atoms with Crippen LogP contribution in [0.25, 0.3) is 0 Å². The highest BCUT2D eigenvalue weighted by Gasteiger charge is 2.09. The minimum atomic E-state index is -0.620. The van der Waals surface area contributed by atoms with Gasteiger partial charge in [0.15, 0.2) is 0 Å². The fourth-order valence-corrected chi connectivity index (χ4v) is 2.13. The van der Waals surface area contributed by atoms with Gasteiger partial charge in [-0.15, -0.1) is 0 Å². The average molecular weight is 330 g/mol. The molecule has 2 aromatic rings. The summed E-state index contributed by atoms with van der Waals surface area (Å²) in [7, 11) is 1.64. The molecule has 2 aromatic carbocycles. The predicted molar refractivity (Wildman–Crippen MR) is 90.8 cm³/mol. The van der Waals surface area contributed by atoms with E-state index in [9.17, 15) is 9.59 Å². The second-order valence-electron chi connectivity index (χ2n) is 4.90. The summed E-state index contributed by atoms with van der Waals surface area (Å²) in [5.41, 5.74) is 1.48. The van der Waals surface area contributed by atoms with Crippen LogP contribution in [0.2, 0.25) is 5.02 Å². The van der Waals surface area contributed by atoms with E-state index in [1.165, 1.54) is 11.0 Å². The number of nitrogens with zero attached hydrogens (tertiary/aromatic N) is 1. The average Bonchev–Trinajstić information content (AvgIpc) is 2.55. The van der Waals surface area contributed by atoms with Crippen LogP contribution in [0.15, 0.2) is 60.7 Å². The lowest BCUT2D eigenvalue weighted by molar-refractivity contribution is -0.129. The molecule has 2 rings (SSSR count). The van der Waals surface area contributed by atoms with Gasteiger partial charge >= 0.3 is 5.97 Å². The Hall–Kier alpha value is -2.59. The first kappa shape index (κ1) is 16.8. The summed E-state index contributed by atoms with van der Waals surface area (Å²) in [5, 5.41) is 0.567. The van der Waals surface area contributed by atoms with Crippen LogP contribution in [0.1, 0.15) is 5.56 Å². The second-order valence-corrected chi connectivity index (χ2v) is 5.33. The normalized spacial score (nSPS) is 10.6. The SMILES string of the molecule is Cc1cc(Cl)ccc1OC(=O)/C=C/C(=O)N(C)c1ccccc1. The lowest BCUT2D eigenvalue weighted by atomic mass is 10.2. The Morgan fingerprint density at radius 2 is 1.78 bits per heavy atom. The number of carbonyl (C=O) groups is 2. The van der Waals surface area contributed by atoms with Gasteiger partial charge in [0.25, 0.3) is 5.91 Å². The number of para-hydroxylation sites is 1. The Morgan fingerprint density at radius 1 is 1.09 bits per heavy atom. The minimum Gasteiger partial charge on any atom is -0.423 e. The maximum Gasteiger partial charge on any atom is 0.336 e. The molecule has 23 heavy (non-hydrogen) atoms. The maximum atomic E-state index is 12.0. The molecule has 0 unspecified atom stereocenters. The molecule has 0 atom stereocenters. The second kappa shape index (κ2) is 7.61. The third-order valence-corrected chi connectivity index (χ3v) is 3.42. The van der Waals surface area contributed by atoms with E-state index in [2.05, 4.69) is 0 Å². The molecule has 0 aliphatic heterocycles. The van der Waals surface area contributed by atoms with Gasteiger partial charge in [-0.05, 0) is 42.8 Å². The Labute approximate surface area is 139 Å². The van der Waals surface area contributed by atoms with Crippen molar-refractivity contribution in [2.45, 2.75) is 6.92 Å². The lowest BCUT2D eigenvalue weighted by Gasteiger charge is -2.14. The summed E-state index contributed by atoms with van der Waals surface area (Å²) in [6.07, 6.45) is 2.29. The molecule has 0 spiro atoms. The molecular formula is C18H16ClNO3. The van der Waals surface area contributed by atoms with E-state index in [1.54, 1.807) is 44.3 Å². The highest BCUT2D eigenvalue weighted by Crippen LogP contribution is 2.22. The highest BCUT2D eigenvalue weighted by atomic mass is 35.5. The molecule has 0 fully saturated rings. The molecule has 0 saturated heterocycles. The molecule has 0 aromatic heterocycles. The summed E-state index contributed by atoms with van der Waals surface area (Å²) in [6, 6.07) is 14.1. The quantitative estimate of drug-likeness (QED) is 0.487. The molecule has 0 heterocycles. The van der Waals surface area contributed by atoms with Crippen LogP contribution >= 0.6 is 11.6 Å². The monoisotopic (exact) mass is 329 g/mol. The summed E-state index contributed by atoms with van der Waals surface area (Å²) >= 11 is 5.84. The number of aryl methyl sites for hydroxylation is 1. The van der Waals surface area contributed by atoms with Crippen molar-refractivity contribution in [1.82, 2.24) is 0 Å². The first-order valence-electron chi connectivity index (χ1n) is 6.96. The van der Waals surface area contributed by atoms with Crippen molar-refractivity contribution in [3.05, 3.63) is 71.3 Å². The number of hydrogen-bond donors (Lipinski definition) is 0. The first-order chi connectivity index (χ1) is 11.0. The van der Waals surface area contributed by atoms with E-state index in [-0.39, 0.29) is 5.91 Å². The van der Waals surface area contributed by atoms with E-state index in [0.29, 0.717) is 10.8 Å². The van der Waals surface area contributed by atoms with Crippen LogP contribution in [0.5, 0.6) is 5.75 Å². The van der Waals surface area contributed by atoms with Crippen LogP contribution in [0.3, 0.4) is 0 Å². The van der Waals surface area contributed by atoms with Gasteiger partial charge in [0, 0.05) is 29.9 Å². The predicted octanol–water partition coefficient (Wildman–Crippen LogP) is 3.77. The summed E-state index contributed by atoms with van der Waals surface area (Å²) in [4.78, 5) is 25.3. The summed E-state index contributed by atoms with van der Waals surface area (Å²) < 4.78 is 5.18. The van der Waals surface area contributed by atoms with Gasteiger partial charge in [-0.3, -0.25) is 4.79 Å². The van der Waals surface area contributed by atoms with Crippen molar-refractivity contribution >= 4 is 29.2 Å². The van der Waals surface area contributed by atoms with E-state index in [4.69, 9.17) is 16.3 Å². The lowest BCUT2D eigenvalue weighted by Crippen LogP contribution is -2.24. The molecular weight excluding hydrogens is 314 g/mol. The molecule has 0 aliphatic carbocycles. The number of ether oxygens (including phenoxy) is 1. The van der Waals surface area contributed by atoms with E-state index in [1.807, 2.05) is 18.2 Å². The van der Waals surface area contributed by atoms with Gasteiger partial charge < -0.3 is 9.64 Å². The molecule has 0 saturated carbocycles. The van der Waals surface area contributed by atoms with Crippen molar-refractivity contribution in [3.63, 3.8) is 0 Å². The Balaban J connectivity index is 1.99. The Morgan fingerprint density at radius 3 is 2.43 bits per heavy atom. The molecule has 4 nitrogen and oxygen atoms in total. The zero-order chi connectivity index (χ0) is 16.8. The van der Waals surface area contributed by atoms with Crippen molar-refractivity contribution in [2.75, 3.05) is 11.9 Å². The zero-order valence-electron chi connectivity index (χ0n) is 12.8. The van der Waals surface area contributed by atoms with Crippen molar-refractivity contribution in [2.24, 2.45) is 0 Å². The van der Waals surface area contributed by atoms with E-state index in [0.717, 1.165) is 17.3 Å². The standard InChI is InChI=1S/C18H16ClNO3/c1-13-12-14(19)8-9-16(13)23-18(22)11-10-17(21)20(2)15-6-4-3-5-7-15/h3-12H,1-2H3/b11-10+. The van der Waals surface area contributed by atoms with Gasteiger partial charge in [-0.2, -0.15) is 0 Å². The molecule has 0 N–H and O–H groups in total. The number of halogens is 1. The van der Waals surface area contributed by atoms with Crippen LogP contribution in [0, 0.1) is 6.92 Å². The van der Waals surface area contributed by atoms with Crippen LogP contribution in [-0.4, -0.2) is 18.9 Å². The Bertz CT molecular complexity index is 741. The number of anilines is 1. The topological polar surface area (TPSA) is 46.6 Å². The van der Waals surface area contributed by atoms with Gasteiger partial charge in [-0.25, -0.2) is 4.79 Å². The number of rotatable bonds is 4. The molecule has 1 amide bonds. The molecule has 0 radical (unpaired) electrons. The van der Waals surface area contributed by atoms with E-state index < -0.39 is 5.97 Å². The third kappa shape index (κ3) is 4.69. The van der Waals surface area contributed by atoms with Crippen LogP contribution < -0.4 is 9.64 Å². The van der Waals surface area contributed by atoms with Gasteiger partial charge in [0.1, 0.15) is 5.75 Å². The largest absolute Gasteiger partial charge is 0.423 e. The summed E-state index contributed by atoms with van der Waals surface area (Å²) in [6.45, 7) is 1.78. The number of esters is 1.